The number of aryl methyl sites for hydroxylation is 1. The van der Waals surface area contributed by atoms with Gasteiger partial charge in [-0.2, -0.15) is 4.57 Å². The van der Waals surface area contributed by atoms with E-state index in [9.17, 15) is 0 Å². The van der Waals surface area contributed by atoms with E-state index < -0.39 is 0 Å². The van der Waals surface area contributed by atoms with Crippen LogP contribution in [0.25, 0.3) is 33.6 Å². The summed E-state index contributed by atoms with van der Waals surface area (Å²) in [6.45, 7) is 4.64. The van der Waals surface area contributed by atoms with E-state index in [2.05, 4.69) is 109 Å². The number of hydrogen-bond acceptors (Lipinski definition) is 0. The van der Waals surface area contributed by atoms with Gasteiger partial charge in [0.2, 0.25) is 11.4 Å². The molecule has 0 N–H and O–H groups in total. The Kier molecular flexibility index (Phi) is 4.96. The van der Waals surface area contributed by atoms with E-state index in [1.54, 1.807) is 0 Å². The fraction of sp³-hybridized carbons (Fsp3) is 0.207. The van der Waals surface area contributed by atoms with Crippen molar-refractivity contribution in [2.75, 3.05) is 0 Å². The fourth-order valence-electron chi connectivity index (χ4n) is 4.81. The lowest BCUT2D eigenvalue weighted by molar-refractivity contribution is -0.699. The number of benzene rings is 3. The average Bonchev–Trinajstić information content (AvgIpc) is 2.83. The lowest BCUT2D eigenvalue weighted by atomic mass is 9.83. The third kappa shape index (κ3) is 3.15. The van der Waals surface area contributed by atoms with Gasteiger partial charge in [0.15, 0.2) is 6.04 Å². The molecular weight excluding hydrogens is 362 g/mol. The Bertz CT molecular complexity index is 1180. The molecule has 0 bridgehead atoms. The van der Waals surface area contributed by atoms with Crippen molar-refractivity contribution in [1.82, 2.24) is 0 Å². The van der Waals surface area contributed by atoms with Crippen molar-refractivity contribution in [3.63, 3.8) is 0 Å². The highest BCUT2D eigenvalue weighted by molar-refractivity contribution is 5.80. The zero-order valence-corrected chi connectivity index (χ0v) is 17.8. The Morgan fingerprint density at radius 3 is 2.07 bits per heavy atom. The molecule has 3 aromatic carbocycles. The predicted octanol–water partition coefficient (Wildman–Crippen LogP) is 7.04. The molecule has 0 saturated heterocycles. The number of aromatic nitrogens is 1. The summed E-state index contributed by atoms with van der Waals surface area (Å²) in [6.07, 6.45) is 3.29. The van der Waals surface area contributed by atoms with Gasteiger partial charge in [0.1, 0.15) is 0 Å². The molecule has 1 heteroatoms. The lowest BCUT2D eigenvalue weighted by Gasteiger charge is -2.25. The smallest absolute Gasteiger partial charge is 0.189 e. The van der Waals surface area contributed by atoms with Crippen LogP contribution < -0.4 is 4.57 Å². The van der Waals surface area contributed by atoms with Crippen LogP contribution in [0, 0.1) is 0 Å². The van der Waals surface area contributed by atoms with Gasteiger partial charge in [0.25, 0.3) is 0 Å². The monoisotopic (exact) mass is 390 g/mol. The van der Waals surface area contributed by atoms with Gasteiger partial charge in [-0.15, -0.1) is 0 Å². The van der Waals surface area contributed by atoms with Crippen LogP contribution in [0.2, 0.25) is 0 Å². The number of hydrogen-bond donors (Lipinski definition) is 0. The van der Waals surface area contributed by atoms with E-state index in [1.165, 1.54) is 44.8 Å². The van der Waals surface area contributed by atoms with E-state index in [0.717, 1.165) is 19.3 Å². The minimum atomic E-state index is 0.421. The van der Waals surface area contributed by atoms with Gasteiger partial charge in [-0.1, -0.05) is 73.7 Å². The van der Waals surface area contributed by atoms with Crippen LogP contribution in [-0.4, -0.2) is 0 Å². The molecule has 1 nitrogen and oxygen atoms in total. The molecule has 0 radical (unpaired) electrons. The Balaban J connectivity index is 1.91. The van der Waals surface area contributed by atoms with Gasteiger partial charge in [-0.3, -0.25) is 0 Å². The van der Waals surface area contributed by atoms with Crippen LogP contribution in [0.15, 0.2) is 91.0 Å². The van der Waals surface area contributed by atoms with Crippen LogP contribution in [0.4, 0.5) is 0 Å². The Morgan fingerprint density at radius 1 is 0.733 bits per heavy atom. The average molecular weight is 391 g/mol. The Morgan fingerprint density at radius 2 is 1.37 bits per heavy atom. The summed E-state index contributed by atoms with van der Waals surface area (Å²) in [6, 6.07) is 33.6. The highest BCUT2D eigenvalue weighted by Crippen LogP contribution is 2.39. The van der Waals surface area contributed by atoms with Crippen LogP contribution in [0.3, 0.4) is 0 Å². The summed E-state index contributed by atoms with van der Waals surface area (Å²) in [4.78, 5) is 0. The zero-order valence-electron chi connectivity index (χ0n) is 17.8. The topological polar surface area (TPSA) is 3.88 Å². The highest BCUT2D eigenvalue weighted by Gasteiger charge is 2.33. The maximum absolute atomic E-state index is 2.61. The van der Waals surface area contributed by atoms with Crippen molar-refractivity contribution < 1.29 is 4.57 Å². The molecule has 1 unspecified atom stereocenters. The third-order valence-electron chi connectivity index (χ3n) is 6.50. The minimum absolute atomic E-state index is 0.421. The first-order chi connectivity index (χ1) is 14.8. The summed E-state index contributed by atoms with van der Waals surface area (Å²) in [7, 11) is 0. The predicted molar refractivity (Wildman–Crippen MR) is 125 cm³/mol. The molecule has 148 valence electrons. The van der Waals surface area contributed by atoms with Crippen molar-refractivity contribution in [2.24, 2.45) is 0 Å². The van der Waals surface area contributed by atoms with Crippen LogP contribution in [0.1, 0.15) is 37.4 Å². The summed E-state index contributed by atoms with van der Waals surface area (Å²) in [5, 5.41) is 0. The summed E-state index contributed by atoms with van der Waals surface area (Å²) in [5.74, 6) is 0. The molecule has 1 heterocycles. The van der Waals surface area contributed by atoms with E-state index in [-0.39, 0.29) is 0 Å². The SMILES string of the molecule is CCC(C)[n+]1c(-c2ccccc2)cc(-c2ccccc2)c2c1-c1ccccc1CC2. The fourth-order valence-corrected chi connectivity index (χ4v) is 4.81. The second-order valence-electron chi connectivity index (χ2n) is 8.29. The standard InChI is InChI=1S/C29H28N/c1-3-21(2)30-28(24-15-8-5-9-16-24)20-27(22-12-6-4-7-13-22)26-19-18-23-14-10-11-17-25(23)29(26)30/h4-17,20-21H,3,18-19H2,1-2H3/q+1. The molecule has 1 aliphatic carbocycles. The van der Waals surface area contributed by atoms with Gasteiger partial charge in [0, 0.05) is 29.2 Å². The molecule has 0 fully saturated rings. The lowest BCUT2D eigenvalue weighted by Crippen LogP contribution is -2.44. The largest absolute Gasteiger partial charge is 0.217 e. The Labute approximate surface area is 179 Å². The molecular formula is C29H28N+. The normalized spacial score (nSPS) is 13.4. The maximum Gasteiger partial charge on any atom is 0.217 e. The van der Waals surface area contributed by atoms with Crippen molar-refractivity contribution in [1.29, 1.82) is 0 Å². The zero-order chi connectivity index (χ0) is 20.5. The molecule has 1 atom stereocenters. The van der Waals surface area contributed by atoms with E-state index in [0.29, 0.717) is 6.04 Å². The quantitative estimate of drug-likeness (QED) is 0.329. The van der Waals surface area contributed by atoms with E-state index >= 15 is 0 Å². The molecule has 0 amide bonds. The van der Waals surface area contributed by atoms with Crippen molar-refractivity contribution >= 4 is 0 Å². The van der Waals surface area contributed by atoms with Gasteiger partial charge in [-0.25, -0.2) is 0 Å². The van der Waals surface area contributed by atoms with Gasteiger partial charge < -0.3 is 0 Å². The second-order valence-corrected chi connectivity index (χ2v) is 8.29. The van der Waals surface area contributed by atoms with E-state index in [4.69, 9.17) is 0 Å². The Hall–Kier alpha value is -3.19. The van der Waals surface area contributed by atoms with Crippen LogP contribution in [-0.2, 0) is 12.8 Å². The van der Waals surface area contributed by atoms with Gasteiger partial charge in [-0.05, 0) is 54.7 Å². The summed E-state index contributed by atoms with van der Waals surface area (Å²) in [5.41, 5.74) is 11.0. The van der Waals surface area contributed by atoms with Crippen molar-refractivity contribution in [3.05, 3.63) is 102 Å². The molecule has 0 spiro atoms. The number of pyridine rings is 1. The molecule has 0 saturated carbocycles. The van der Waals surface area contributed by atoms with Gasteiger partial charge in [0.05, 0.1) is 0 Å². The molecule has 0 aliphatic heterocycles. The first-order valence-electron chi connectivity index (χ1n) is 11.1. The molecule has 4 aromatic rings. The molecule has 1 aromatic heterocycles. The minimum Gasteiger partial charge on any atom is -0.189 e. The van der Waals surface area contributed by atoms with Crippen LogP contribution in [0.5, 0.6) is 0 Å². The summed E-state index contributed by atoms with van der Waals surface area (Å²) < 4.78 is 2.61. The van der Waals surface area contributed by atoms with Crippen molar-refractivity contribution in [2.45, 2.75) is 39.2 Å². The maximum atomic E-state index is 2.61. The molecule has 5 rings (SSSR count). The first-order valence-corrected chi connectivity index (χ1v) is 11.1. The van der Waals surface area contributed by atoms with Crippen LogP contribution >= 0.6 is 0 Å². The van der Waals surface area contributed by atoms with Gasteiger partial charge >= 0.3 is 0 Å². The molecule has 30 heavy (non-hydrogen) atoms. The third-order valence-corrected chi connectivity index (χ3v) is 6.50. The van der Waals surface area contributed by atoms with E-state index in [1.807, 2.05) is 0 Å². The molecule has 1 aliphatic rings. The highest BCUT2D eigenvalue weighted by atomic mass is 15.0. The first kappa shape index (κ1) is 18.8. The summed E-state index contributed by atoms with van der Waals surface area (Å²) >= 11 is 0. The number of fused-ring (bicyclic) bond motifs is 3. The van der Waals surface area contributed by atoms with Crippen molar-refractivity contribution in [3.8, 4) is 33.6 Å². The second kappa shape index (κ2) is 7.91. The number of nitrogens with zero attached hydrogens (tertiary/aromatic N) is 1. The number of rotatable bonds is 4.